The Labute approximate surface area is 77.0 Å². The van der Waals surface area contributed by atoms with Gasteiger partial charge in [0.15, 0.2) is 5.75 Å². The van der Waals surface area contributed by atoms with Crippen molar-refractivity contribution in [3.63, 3.8) is 0 Å². The Morgan fingerprint density at radius 2 is 1.85 bits per heavy atom. The maximum Gasteiger partial charge on any atom is 0.152 e. The van der Waals surface area contributed by atoms with Crippen LogP contribution < -0.4 is 5.32 Å². The van der Waals surface area contributed by atoms with Gasteiger partial charge >= 0.3 is 0 Å². The molecule has 0 bridgehead atoms. The molecule has 2 heterocycles. The molecule has 70 valence electrons. The average molecular weight is 179 g/mol. The summed E-state index contributed by atoms with van der Waals surface area (Å²) in [7, 11) is 0. The standard InChI is InChI=1S/C9H13N3O/c13-8-5-11-9(12-6-8)7-1-3-10-4-2-7/h5-7,10,13H,1-4H2. The molecule has 1 aromatic rings. The van der Waals surface area contributed by atoms with Crippen molar-refractivity contribution < 1.29 is 5.11 Å². The monoisotopic (exact) mass is 179 g/mol. The van der Waals surface area contributed by atoms with Crippen molar-refractivity contribution >= 4 is 0 Å². The maximum atomic E-state index is 9.02. The molecule has 4 nitrogen and oxygen atoms in total. The Kier molecular flexibility index (Phi) is 2.40. The largest absolute Gasteiger partial charge is 0.505 e. The summed E-state index contributed by atoms with van der Waals surface area (Å²) < 4.78 is 0. The Bertz CT molecular complexity index is 267. The number of hydrogen-bond donors (Lipinski definition) is 2. The summed E-state index contributed by atoms with van der Waals surface area (Å²) in [6.07, 6.45) is 5.10. The van der Waals surface area contributed by atoms with Gasteiger partial charge in [0.2, 0.25) is 0 Å². The highest BCUT2D eigenvalue weighted by Crippen LogP contribution is 2.21. The lowest BCUT2D eigenvalue weighted by molar-refractivity contribution is 0.436. The first-order valence-corrected chi connectivity index (χ1v) is 4.58. The molecule has 2 rings (SSSR count). The number of rotatable bonds is 1. The molecule has 0 radical (unpaired) electrons. The van der Waals surface area contributed by atoms with Crippen LogP contribution >= 0.6 is 0 Å². The van der Waals surface area contributed by atoms with Gasteiger partial charge in [-0.05, 0) is 25.9 Å². The van der Waals surface area contributed by atoms with E-state index in [4.69, 9.17) is 5.11 Å². The van der Waals surface area contributed by atoms with Crippen molar-refractivity contribution in [2.45, 2.75) is 18.8 Å². The zero-order valence-electron chi connectivity index (χ0n) is 7.40. The molecule has 4 heteroatoms. The van der Waals surface area contributed by atoms with Crippen molar-refractivity contribution in [2.75, 3.05) is 13.1 Å². The summed E-state index contributed by atoms with van der Waals surface area (Å²) in [5.74, 6) is 1.46. The number of nitrogens with one attached hydrogen (secondary N) is 1. The van der Waals surface area contributed by atoms with Crippen LogP contribution in [0.2, 0.25) is 0 Å². The molecule has 0 saturated carbocycles. The lowest BCUT2D eigenvalue weighted by atomic mass is 9.97. The van der Waals surface area contributed by atoms with Gasteiger partial charge in [0.25, 0.3) is 0 Å². The second-order valence-electron chi connectivity index (χ2n) is 3.32. The van der Waals surface area contributed by atoms with Crippen LogP contribution in [0.1, 0.15) is 24.6 Å². The molecule has 13 heavy (non-hydrogen) atoms. The Morgan fingerprint density at radius 1 is 1.23 bits per heavy atom. The average Bonchev–Trinajstić information content (AvgIpc) is 2.20. The molecular formula is C9H13N3O. The Morgan fingerprint density at radius 3 is 2.46 bits per heavy atom. The van der Waals surface area contributed by atoms with Crippen LogP contribution in [0.15, 0.2) is 12.4 Å². The van der Waals surface area contributed by atoms with E-state index >= 15 is 0 Å². The molecule has 0 amide bonds. The third kappa shape index (κ3) is 1.95. The summed E-state index contributed by atoms with van der Waals surface area (Å²) in [6.45, 7) is 2.07. The second kappa shape index (κ2) is 3.70. The topological polar surface area (TPSA) is 58.0 Å². The zero-order valence-corrected chi connectivity index (χ0v) is 7.40. The van der Waals surface area contributed by atoms with Gasteiger partial charge in [0, 0.05) is 5.92 Å². The van der Waals surface area contributed by atoms with E-state index in [-0.39, 0.29) is 5.75 Å². The number of hydrogen-bond acceptors (Lipinski definition) is 4. The van der Waals surface area contributed by atoms with E-state index in [1.807, 2.05) is 0 Å². The smallest absolute Gasteiger partial charge is 0.152 e. The Hall–Kier alpha value is -1.16. The van der Waals surface area contributed by atoms with Gasteiger partial charge in [0.05, 0.1) is 12.4 Å². The first kappa shape index (κ1) is 8.44. The minimum atomic E-state index is 0.137. The fourth-order valence-electron chi connectivity index (χ4n) is 1.62. The number of aromatic nitrogens is 2. The fourth-order valence-corrected chi connectivity index (χ4v) is 1.62. The van der Waals surface area contributed by atoms with Crippen LogP contribution in [0.5, 0.6) is 5.75 Å². The van der Waals surface area contributed by atoms with Crippen molar-refractivity contribution in [3.8, 4) is 5.75 Å². The van der Waals surface area contributed by atoms with Gasteiger partial charge in [-0.25, -0.2) is 9.97 Å². The molecule has 1 aliphatic heterocycles. The van der Waals surface area contributed by atoms with Gasteiger partial charge in [-0.15, -0.1) is 0 Å². The summed E-state index contributed by atoms with van der Waals surface area (Å²) in [5, 5.41) is 12.3. The molecule has 0 unspecified atom stereocenters. The van der Waals surface area contributed by atoms with Crippen LogP contribution in [0, 0.1) is 0 Å². The first-order valence-electron chi connectivity index (χ1n) is 4.58. The predicted octanol–water partition coefficient (Wildman–Crippen LogP) is 0.649. The highest BCUT2D eigenvalue weighted by Gasteiger charge is 2.17. The number of nitrogens with zero attached hydrogens (tertiary/aromatic N) is 2. The van der Waals surface area contributed by atoms with Gasteiger partial charge in [-0.2, -0.15) is 0 Å². The van der Waals surface area contributed by atoms with Crippen molar-refractivity contribution in [1.82, 2.24) is 15.3 Å². The summed E-state index contributed by atoms with van der Waals surface area (Å²) in [4.78, 5) is 8.23. The predicted molar refractivity (Wildman–Crippen MR) is 48.5 cm³/mol. The third-order valence-electron chi connectivity index (χ3n) is 2.36. The van der Waals surface area contributed by atoms with Crippen LogP contribution in [-0.2, 0) is 0 Å². The van der Waals surface area contributed by atoms with Crippen molar-refractivity contribution in [1.29, 1.82) is 0 Å². The SMILES string of the molecule is Oc1cnc(C2CCNCC2)nc1. The summed E-state index contributed by atoms with van der Waals surface area (Å²) in [5.41, 5.74) is 0. The molecule has 1 aliphatic rings. The van der Waals surface area contributed by atoms with E-state index in [1.165, 1.54) is 12.4 Å². The molecular weight excluding hydrogens is 166 g/mol. The molecule has 2 N–H and O–H groups in total. The molecule has 0 aliphatic carbocycles. The lowest BCUT2D eigenvalue weighted by Crippen LogP contribution is -2.27. The quantitative estimate of drug-likeness (QED) is 0.664. The molecule has 1 aromatic heterocycles. The minimum absolute atomic E-state index is 0.137. The van der Waals surface area contributed by atoms with Crippen LogP contribution in [0.4, 0.5) is 0 Å². The molecule has 0 spiro atoms. The molecule has 1 saturated heterocycles. The van der Waals surface area contributed by atoms with Gasteiger partial charge in [-0.1, -0.05) is 0 Å². The molecule has 1 fully saturated rings. The van der Waals surface area contributed by atoms with E-state index in [0.29, 0.717) is 5.92 Å². The lowest BCUT2D eigenvalue weighted by Gasteiger charge is -2.20. The van der Waals surface area contributed by atoms with Gasteiger partial charge in [0.1, 0.15) is 5.82 Å². The van der Waals surface area contributed by atoms with Crippen molar-refractivity contribution in [3.05, 3.63) is 18.2 Å². The molecule has 0 atom stereocenters. The number of piperidine rings is 1. The van der Waals surface area contributed by atoms with E-state index < -0.39 is 0 Å². The van der Waals surface area contributed by atoms with E-state index in [9.17, 15) is 0 Å². The van der Waals surface area contributed by atoms with Gasteiger partial charge in [-0.3, -0.25) is 0 Å². The maximum absolute atomic E-state index is 9.02. The second-order valence-corrected chi connectivity index (χ2v) is 3.32. The minimum Gasteiger partial charge on any atom is -0.505 e. The summed E-state index contributed by atoms with van der Waals surface area (Å²) in [6, 6.07) is 0. The zero-order chi connectivity index (χ0) is 9.10. The molecule has 0 aromatic carbocycles. The third-order valence-corrected chi connectivity index (χ3v) is 2.36. The highest BCUT2D eigenvalue weighted by atomic mass is 16.3. The normalized spacial score (nSPS) is 18.8. The summed E-state index contributed by atoms with van der Waals surface area (Å²) >= 11 is 0. The van der Waals surface area contributed by atoms with Crippen LogP contribution in [-0.4, -0.2) is 28.2 Å². The highest BCUT2D eigenvalue weighted by molar-refractivity contribution is 5.11. The number of aromatic hydroxyl groups is 1. The van der Waals surface area contributed by atoms with E-state index in [2.05, 4.69) is 15.3 Å². The van der Waals surface area contributed by atoms with Crippen LogP contribution in [0.3, 0.4) is 0 Å². The van der Waals surface area contributed by atoms with Crippen molar-refractivity contribution in [2.24, 2.45) is 0 Å². The Balaban J connectivity index is 2.10. The van der Waals surface area contributed by atoms with Gasteiger partial charge < -0.3 is 10.4 Å². The van der Waals surface area contributed by atoms with E-state index in [0.717, 1.165) is 31.8 Å². The first-order chi connectivity index (χ1) is 6.36. The van der Waals surface area contributed by atoms with E-state index in [1.54, 1.807) is 0 Å². The van der Waals surface area contributed by atoms with Crippen LogP contribution in [0.25, 0.3) is 0 Å². The fraction of sp³-hybridized carbons (Fsp3) is 0.556.